The van der Waals surface area contributed by atoms with Crippen LogP contribution in [0, 0.1) is 5.92 Å². The summed E-state index contributed by atoms with van der Waals surface area (Å²) >= 11 is 0. The molecule has 4 nitrogen and oxygen atoms in total. The van der Waals surface area contributed by atoms with Crippen LogP contribution < -0.4 is 5.32 Å². The molecule has 1 aromatic carbocycles. The molecule has 1 aliphatic heterocycles. The minimum absolute atomic E-state index is 0.0731. The highest BCUT2D eigenvalue weighted by Gasteiger charge is 2.38. The van der Waals surface area contributed by atoms with Crippen LogP contribution in [0.1, 0.15) is 60.7 Å². The van der Waals surface area contributed by atoms with E-state index in [1.165, 1.54) is 6.42 Å². The van der Waals surface area contributed by atoms with Crippen LogP contribution in [0.4, 0.5) is 5.69 Å². The quantitative estimate of drug-likeness (QED) is 0.911. The molecule has 4 rings (SSSR count). The molecule has 4 heteroatoms. The number of hydrogen-bond acceptors (Lipinski definition) is 3. The van der Waals surface area contributed by atoms with E-state index in [0.29, 0.717) is 18.4 Å². The number of fused-ring (bicyclic) bond motifs is 1. The fourth-order valence-corrected chi connectivity index (χ4v) is 3.42. The molecular formula is C19H22N2O2. The molecule has 1 aromatic heterocycles. The summed E-state index contributed by atoms with van der Waals surface area (Å²) in [7, 11) is 0. The molecule has 2 aromatic rings. The number of rotatable bonds is 4. The van der Waals surface area contributed by atoms with Crippen LogP contribution in [0.25, 0.3) is 0 Å². The molecule has 1 amide bonds. The fourth-order valence-electron chi connectivity index (χ4n) is 3.42. The third-order valence-electron chi connectivity index (χ3n) is 4.88. The molecule has 1 N–H and O–H groups in total. The number of amides is 1. The minimum atomic E-state index is -0.222. The SMILES string of the molecule is CCCN1C(=O)c2ccccc2N[C@@H]1c1ccc([C@@H]2C[C@@H]2C)o1. The van der Waals surface area contributed by atoms with Crippen molar-refractivity contribution in [3.8, 4) is 0 Å². The number of anilines is 1. The average Bonchev–Trinajstić information content (AvgIpc) is 3.10. The molecule has 1 saturated carbocycles. The van der Waals surface area contributed by atoms with Crippen LogP contribution in [0.3, 0.4) is 0 Å². The molecule has 1 aliphatic carbocycles. The third-order valence-corrected chi connectivity index (χ3v) is 4.88. The molecule has 120 valence electrons. The molecule has 0 unspecified atom stereocenters. The van der Waals surface area contributed by atoms with Gasteiger partial charge in [0.25, 0.3) is 5.91 Å². The zero-order valence-electron chi connectivity index (χ0n) is 13.6. The monoisotopic (exact) mass is 310 g/mol. The van der Waals surface area contributed by atoms with Gasteiger partial charge in [0.2, 0.25) is 0 Å². The molecule has 2 aliphatic rings. The van der Waals surface area contributed by atoms with Gasteiger partial charge in [0.15, 0.2) is 6.17 Å². The molecule has 3 atom stereocenters. The Hall–Kier alpha value is -2.23. The first-order chi connectivity index (χ1) is 11.2. The van der Waals surface area contributed by atoms with Crippen LogP contribution >= 0.6 is 0 Å². The van der Waals surface area contributed by atoms with Gasteiger partial charge in [-0.2, -0.15) is 0 Å². The second-order valence-corrected chi connectivity index (χ2v) is 6.65. The predicted octanol–water partition coefficient (Wildman–Crippen LogP) is 4.38. The van der Waals surface area contributed by atoms with Gasteiger partial charge in [0.05, 0.1) is 5.56 Å². The van der Waals surface area contributed by atoms with E-state index >= 15 is 0 Å². The Labute approximate surface area is 136 Å². The molecule has 1 fully saturated rings. The Morgan fingerprint density at radius 2 is 1.96 bits per heavy atom. The second kappa shape index (κ2) is 5.44. The molecule has 0 radical (unpaired) electrons. The zero-order valence-corrected chi connectivity index (χ0v) is 13.6. The second-order valence-electron chi connectivity index (χ2n) is 6.65. The summed E-state index contributed by atoms with van der Waals surface area (Å²) < 4.78 is 6.10. The smallest absolute Gasteiger partial charge is 0.257 e. The number of furan rings is 1. The molecule has 0 bridgehead atoms. The lowest BCUT2D eigenvalue weighted by Crippen LogP contribution is -2.43. The summed E-state index contributed by atoms with van der Waals surface area (Å²) in [4.78, 5) is 14.7. The van der Waals surface area contributed by atoms with Gasteiger partial charge in [-0.1, -0.05) is 26.0 Å². The largest absolute Gasteiger partial charge is 0.462 e. The van der Waals surface area contributed by atoms with Crippen molar-refractivity contribution < 1.29 is 9.21 Å². The van der Waals surface area contributed by atoms with Crippen molar-refractivity contribution in [2.24, 2.45) is 5.92 Å². The van der Waals surface area contributed by atoms with Crippen molar-refractivity contribution in [3.63, 3.8) is 0 Å². The van der Waals surface area contributed by atoms with Gasteiger partial charge in [0.1, 0.15) is 11.5 Å². The first-order valence-corrected chi connectivity index (χ1v) is 8.45. The van der Waals surface area contributed by atoms with E-state index in [-0.39, 0.29) is 12.1 Å². The van der Waals surface area contributed by atoms with Gasteiger partial charge in [-0.25, -0.2) is 0 Å². The number of carbonyl (C=O) groups excluding carboxylic acids is 1. The summed E-state index contributed by atoms with van der Waals surface area (Å²) in [6.45, 7) is 5.04. The van der Waals surface area contributed by atoms with Crippen molar-refractivity contribution in [1.82, 2.24) is 4.90 Å². The topological polar surface area (TPSA) is 45.5 Å². The molecule has 0 saturated heterocycles. The normalized spacial score (nSPS) is 25.9. The maximum atomic E-state index is 12.8. The van der Waals surface area contributed by atoms with Crippen LogP contribution in [0.5, 0.6) is 0 Å². The van der Waals surface area contributed by atoms with Crippen LogP contribution in [-0.2, 0) is 0 Å². The summed E-state index contributed by atoms with van der Waals surface area (Å²) in [6.07, 6.45) is 1.89. The predicted molar refractivity (Wildman–Crippen MR) is 89.4 cm³/mol. The highest BCUT2D eigenvalue weighted by molar-refractivity contribution is 6.01. The molecular weight excluding hydrogens is 288 g/mol. The Morgan fingerprint density at radius 1 is 1.22 bits per heavy atom. The number of hydrogen-bond donors (Lipinski definition) is 1. The van der Waals surface area contributed by atoms with E-state index in [9.17, 15) is 4.79 Å². The Balaban J connectivity index is 1.68. The lowest BCUT2D eigenvalue weighted by Gasteiger charge is -2.36. The van der Waals surface area contributed by atoms with Crippen molar-refractivity contribution in [2.45, 2.75) is 38.8 Å². The lowest BCUT2D eigenvalue weighted by atomic mass is 10.1. The van der Waals surface area contributed by atoms with Gasteiger partial charge < -0.3 is 14.6 Å². The van der Waals surface area contributed by atoms with E-state index in [0.717, 1.165) is 29.2 Å². The Kier molecular flexibility index (Phi) is 3.40. The highest BCUT2D eigenvalue weighted by atomic mass is 16.3. The summed E-state index contributed by atoms with van der Waals surface area (Å²) in [5.74, 6) is 3.22. The van der Waals surface area contributed by atoms with Gasteiger partial charge in [-0.05, 0) is 43.0 Å². The van der Waals surface area contributed by atoms with Crippen molar-refractivity contribution in [3.05, 3.63) is 53.5 Å². The van der Waals surface area contributed by atoms with E-state index in [2.05, 4.69) is 25.2 Å². The van der Waals surface area contributed by atoms with Gasteiger partial charge in [0, 0.05) is 18.2 Å². The first kappa shape index (κ1) is 14.4. The van der Waals surface area contributed by atoms with Crippen molar-refractivity contribution in [1.29, 1.82) is 0 Å². The summed E-state index contributed by atoms with van der Waals surface area (Å²) in [5.41, 5.74) is 1.62. The number of benzene rings is 1. The lowest BCUT2D eigenvalue weighted by molar-refractivity contribution is 0.0662. The van der Waals surface area contributed by atoms with Crippen molar-refractivity contribution in [2.75, 3.05) is 11.9 Å². The van der Waals surface area contributed by atoms with E-state index in [4.69, 9.17) is 4.42 Å². The number of para-hydroxylation sites is 1. The van der Waals surface area contributed by atoms with E-state index in [1.807, 2.05) is 35.2 Å². The Morgan fingerprint density at radius 3 is 2.70 bits per heavy atom. The van der Waals surface area contributed by atoms with Crippen LogP contribution in [0.15, 0.2) is 40.8 Å². The van der Waals surface area contributed by atoms with Crippen molar-refractivity contribution >= 4 is 11.6 Å². The summed E-state index contributed by atoms with van der Waals surface area (Å²) in [5, 5.41) is 3.47. The maximum absolute atomic E-state index is 12.8. The van der Waals surface area contributed by atoms with E-state index < -0.39 is 0 Å². The number of carbonyl (C=O) groups is 1. The van der Waals surface area contributed by atoms with Gasteiger partial charge in [-0.15, -0.1) is 0 Å². The first-order valence-electron chi connectivity index (χ1n) is 8.45. The molecule has 23 heavy (non-hydrogen) atoms. The van der Waals surface area contributed by atoms with Crippen LogP contribution in [-0.4, -0.2) is 17.4 Å². The van der Waals surface area contributed by atoms with Gasteiger partial charge in [-0.3, -0.25) is 4.79 Å². The number of nitrogens with one attached hydrogen (secondary N) is 1. The number of nitrogens with zero attached hydrogens (tertiary/aromatic N) is 1. The molecule has 0 spiro atoms. The standard InChI is InChI=1S/C19H22N2O2/c1-3-10-21-18(17-9-8-16(23-17)14-11-12(14)2)20-15-7-5-4-6-13(15)19(21)22/h4-9,12,14,18,20H,3,10-11H2,1-2H3/t12-,14+,18-/m0/s1. The summed E-state index contributed by atoms with van der Waals surface area (Å²) in [6, 6.07) is 11.8. The Bertz CT molecular complexity index is 736. The van der Waals surface area contributed by atoms with Crippen LogP contribution in [0.2, 0.25) is 0 Å². The maximum Gasteiger partial charge on any atom is 0.257 e. The van der Waals surface area contributed by atoms with E-state index in [1.54, 1.807) is 0 Å². The average molecular weight is 310 g/mol. The zero-order chi connectivity index (χ0) is 16.0. The van der Waals surface area contributed by atoms with Gasteiger partial charge >= 0.3 is 0 Å². The minimum Gasteiger partial charge on any atom is -0.462 e. The fraction of sp³-hybridized carbons (Fsp3) is 0.421. The third kappa shape index (κ3) is 2.42. The highest BCUT2D eigenvalue weighted by Crippen LogP contribution is 2.48. The molecule has 2 heterocycles.